The second-order valence-electron chi connectivity index (χ2n) is 7.45. The van der Waals surface area contributed by atoms with Crippen LogP contribution in [-0.4, -0.2) is 37.9 Å². The number of benzene rings is 1. The van der Waals surface area contributed by atoms with Crippen molar-refractivity contribution >= 4 is 34.7 Å². The number of fused-ring (bicyclic) bond motifs is 1. The Morgan fingerprint density at radius 2 is 1.90 bits per heavy atom. The lowest BCUT2D eigenvalue weighted by Gasteiger charge is -2.23. The first-order chi connectivity index (χ1) is 13.7. The van der Waals surface area contributed by atoms with Crippen molar-refractivity contribution in [1.82, 2.24) is 5.32 Å². The Kier molecular flexibility index (Phi) is 5.88. The summed E-state index contributed by atoms with van der Waals surface area (Å²) in [6.07, 6.45) is 1.53. The van der Waals surface area contributed by atoms with Crippen LogP contribution < -0.4 is 10.2 Å². The zero-order valence-electron chi connectivity index (χ0n) is 16.9. The number of esters is 1. The number of rotatable bonds is 6. The molecule has 1 aliphatic rings. The van der Waals surface area contributed by atoms with E-state index in [2.05, 4.69) is 25.2 Å². The minimum atomic E-state index is -0.652. The van der Waals surface area contributed by atoms with Gasteiger partial charge in [-0.1, -0.05) is 32.0 Å². The Bertz CT molecular complexity index is 990. The first-order valence-electron chi connectivity index (χ1n) is 9.28. The summed E-state index contributed by atoms with van der Waals surface area (Å²) in [5.41, 5.74) is 2.73. The summed E-state index contributed by atoms with van der Waals surface area (Å²) >= 11 is 1.35. The number of nitrogens with zero attached hydrogens (tertiary/aromatic N) is 1. The topological polar surface area (TPSA) is 75.7 Å². The SMILES string of the molecule is Cc1ccc(C(=O)NCC(=O)OCC(=O)C=C2N(C)c3ccccc3C2(C)C)s1. The molecule has 1 aliphatic heterocycles. The molecule has 0 radical (unpaired) electrons. The number of anilines is 1. The second kappa shape index (κ2) is 8.21. The van der Waals surface area contributed by atoms with Crippen LogP contribution in [0.5, 0.6) is 0 Å². The number of amides is 1. The Morgan fingerprint density at radius 1 is 1.17 bits per heavy atom. The molecular formula is C22H24N2O4S. The number of ether oxygens (including phenoxy) is 1. The normalized spacial score (nSPS) is 15.9. The number of allylic oxidation sites excluding steroid dienone is 1. The quantitative estimate of drug-likeness (QED) is 0.582. The fourth-order valence-electron chi connectivity index (χ4n) is 3.45. The maximum absolute atomic E-state index is 12.4. The lowest BCUT2D eigenvalue weighted by molar-refractivity contribution is -0.145. The maximum atomic E-state index is 12.4. The number of nitrogens with one attached hydrogen (secondary N) is 1. The molecule has 1 amide bonds. The number of carbonyl (C=O) groups is 3. The molecular weight excluding hydrogens is 388 g/mol. The van der Waals surface area contributed by atoms with Crippen molar-refractivity contribution in [3.05, 3.63) is 63.5 Å². The van der Waals surface area contributed by atoms with Crippen molar-refractivity contribution < 1.29 is 19.1 Å². The van der Waals surface area contributed by atoms with Crippen molar-refractivity contribution in [3.8, 4) is 0 Å². The van der Waals surface area contributed by atoms with E-state index in [4.69, 9.17) is 4.74 Å². The van der Waals surface area contributed by atoms with Crippen LogP contribution >= 0.6 is 11.3 Å². The van der Waals surface area contributed by atoms with Gasteiger partial charge in [0.15, 0.2) is 12.4 Å². The molecule has 0 saturated carbocycles. The number of ketones is 1. The van der Waals surface area contributed by atoms with E-state index < -0.39 is 5.97 Å². The molecule has 1 aromatic heterocycles. The molecule has 0 saturated heterocycles. The van der Waals surface area contributed by atoms with Crippen LogP contribution in [-0.2, 0) is 19.7 Å². The molecule has 0 bridgehead atoms. The minimum Gasteiger partial charge on any atom is -0.456 e. The molecule has 6 nitrogen and oxygen atoms in total. The third kappa shape index (κ3) is 4.40. The summed E-state index contributed by atoms with van der Waals surface area (Å²) in [7, 11) is 1.92. The van der Waals surface area contributed by atoms with Crippen molar-refractivity contribution in [2.24, 2.45) is 0 Å². The van der Waals surface area contributed by atoms with Crippen LogP contribution in [0.1, 0.15) is 34.0 Å². The molecule has 0 unspecified atom stereocenters. The van der Waals surface area contributed by atoms with Gasteiger partial charge in [-0.25, -0.2) is 0 Å². The fraction of sp³-hybridized carbons (Fsp3) is 0.318. The summed E-state index contributed by atoms with van der Waals surface area (Å²) in [6.45, 7) is 5.37. The molecule has 3 rings (SSSR count). The zero-order valence-corrected chi connectivity index (χ0v) is 17.8. The van der Waals surface area contributed by atoms with E-state index in [1.165, 1.54) is 17.4 Å². The number of hydrogen-bond donors (Lipinski definition) is 1. The van der Waals surface area contributed by atoms with Crippen LogP contribution in [0.2, 0.25) is 0 Å². The van der Waals surface area contributed by atoms with E-state index >= 15 is 0 Å². The van der Waals surface area contributed by atoms with Gasteiger partial charge in [-0.15, -0.1) is 11.3 Å². The van der Waals surface area contributed by atoms with Crippen LogP contribution in [0.3, 0.4) is 0 Å². The van der Waals surface area contributed by atoms with Gasteiger partial charge in [0.2, 0.25) is 0 Å². The van der Waals surface area contributed by atoms with E-state index in [9.17, 15) is 14.4 Å². The van der Waals surface area contributed by atoms with Crippen LogP contribution in [0.4, 0.5) is 5.69 Å². The summed E-state index contributed by atoms with van der Waals surface area (Å²) in [5.74, 6) is -1.29. The largest absolute Gasteiger partial charge is 0.456 e. The molecule has 1 aromatic carbocycles. The molecule has 0 spiro atoms. The summed E-state index contributed by atoms with van der Waals surface area (Å²) in [6, 6.07) is 11.5. The van der Waals surface area contributed by atoms with Crippen LogP contribution in [0.25, 0.3) is 0 Å². The molecule has 0 aliphatic carbocycles. The number of hydrogen-bond acceptors (Lipinski definition) is 6. The average Bonchev–Trinajstić information content (AvgIpc) is 3.20. The van der Waals surface area contributed by atoms with Gasteiger partial charge in [0.25, 0.3) is 5.91 Å². The van der Waals surface area contributed by atoms with Gasteiger partial charge in [-0.3, -0.25) is 14.4 Å². The van der Waals surface area contributed by atoms with E-state index in [-0.39, 0.29) is 30.3 Å². The number of thiophene rings is 1. The maximum Gasteiger partial charge on any atom is 0.325 e. The highest BCUT2D eigenvalue weighted by Gasteiger charge is 2.38. The lowest BCUT2D eigenvalue weighted by atomic mass is 9.83. The first-order valence-corrected chi connectivity index (χ1v) is 10.1. The number of para-hydroxylation sites is 1. The van der Waals surface area contributed by atoms with Gasteiger partial charge in [0.1, 0.15) is 6.54 Å². The van der Waals surface area contributed by atoms with Crippen molar-refractivity contribution in [3.63, 3.8) is 0 Å². The molecule has 0 atom stereocenters. The van der Waals surface area contributed by atoms with Gasteiger partial charge >= 0.3 is 5.97 Å². The Balaban J connectivity index is 1.54. The Morgan fingerprint density at radius 3 is 2.55 bits per heavy atom. The molecule has 152 valence electrons. The predicted molar refractivity (Wildman–Crippen MR) is 113 cm³/mol. The van der Waals surface area contributed by atoms with Crippen LogP contribution in [0.15, 0.2) is 48.2 Å². The van der Waals surface area contributed by atoms with Gasteiger partial charge in [-0.05, 0) is 30.7 Å². The van der Waals surface area contributed by atoms with Crippen LogP contribution in [0, 0.1) is 6.92 Å². The summed E-state index contributed by atoms with van der Waals surface area (Å²) in [5, 5.41) is 2.50. The first kappa shape index (κ1) is 20.8. The standard InChI is InChI=1S/C22H24N2O4S/c1-14-9-10-18(29-14)21(27)23-12-20(26)28-13-15(25)11-19-22(2,3)16-7-5-6-8-17(16)24(19)4/h5-11H,12-13H2,1-4H3,(H,23,27). The van der Waals surface area contributed by atoms with Gasteiger partial charge < -0.3 is 15.0 Å². The van der Waals surface area contributed by atoms with Crippen molar-refractivity contribution in [2.75, 3.05) is 25.1 Å². The van der Waals surface area contributed by atoms with Gasteiger partial charge in [-0.2, -0.15) is 0 Å². The highest BCUT2D eigenvalue weighted by molar-refractivity contribution is 7.13. The molecule has 7 heteroatoms. The third-order valence-corrected chi connectivity index (χ3v) is 5.97. The smallest absolute Gasteiger partial charge is 0.325 e. The highest BCUT2D eigenvalue weighted by atomic mass is 32.1. The van der Waals surface area contributed by atoms with Crippen molar-refractivity contribution in [2.45, 2.75) is 26.2 Å². The molecule has 2 heterocycles. The van der Waals surface area contributed by atoms with E-state index in [1.807, 2.05) is 43.1 Å². The zero-order chi connectivity index (χ0) is 21.2. The highest BCUT2D eigenvalue weighted by Crippen LogP contribution is 2.46. The number of carbonyl (C=O) groups excluding carboxylic acids is 3. The Labute approximate surface area is 174 Å². The lowest BCUT2D eigenvalue weighted by Crippen LogP contribution is -2.31. The number of aryl methyl sites for hydroxylation is 1. The van der Waals surface area contributed by atoms with Crippen molar-refractivity contribution in [1.29, 1.82) is 0 Å². The number of likely N-dealkylation sites (N-methyl/N-ethyl adjacent to an activating group) is 1. The minimum absolute atomic E-state index is 0.281. The third-order valence-electron chi connectivity index (χ3n) is 4.97. The second-order valence-corrected chi connectivity index (χ2v) is 8.74. The van der Waals surface area contributed by atoms with Gasteiger partial charge in [0, 0.05) is 34.8 Å². The Hall–Kier alpha value is -2.93. The van der Waals surface area contributed by atoms with E-state index in [1.54, 1.807) is 6.07 Å². The van der Waals surface area contributed by atoms with Gasteiger partial charge in [0.05, 0.1) is 4.88 Å². The molecule has 1 N–H and O–H groups in total. The fourth-order valence-corrected chi connectivity index (χ4v) is 4.24. The molecule has 2 aromatic rings. The molecule has 29 heavy (non-hydrogen) atoms. The van der Waals surface area contributed by atoms with E-state index in [0.29, 0.717) is 4.88 Å². The summed E-state index contributed by atoms with van der Waals surface area (Å²) in [4.78, 5) is 39.7. The average molecular weight is 413 g/mol. The summed E-state index contributed by atoms with van der Waals surface area (Å²) < 4.78 is 5.02. The molecule has 0 fully saturated rings. The predicted octanol–water partition coefficient (Wildman–Crippen LogP) is 3.21. The monoisotopic (exact) mass is 412 g/mol. The van der Waals surface area contributed by atoms with E-state index in [0.717, 1.165) is 21.8 Å².